The summed E-state index contributed by atoms with van der Waals surface area (Å²) >= 11 is 0. The highest BCUT2D eigenvalue weighted by Gasteiger charge is 2.29. The van der Waals surface area contributed by atoms with Crippen LogP contribution in [0.25, 0.3) is 0 Å². The van der Waals surface area contributed by atoms with Crippen LogP contribution in [-0.2, 0) is 26.4 Å². The second-order valence-electron chi connectivity index (χ2n) is 7.59. The molecule has 1 unspecified atom stereocenters. The molecule has 0 amide bonds. The standard InChI is InChI=1S/C21H27N3O2/c1-23-10-8-22-21(23)20(25)17-7-4-9-24(13-17)14-18-11-15-5-3-6-16(15)12-19(18)26-2/h8,10-12,17H,3-7,9,13-14H2,1-2H3. The predicted octanol–water partition coefficient (Wildman–Crippen LogP) is 3.01. The van der Waals surface area contributed by atoms with Crippen molar-refractivity contribution in [1.29, 1.82) is 0 Å². The summed E-state index contributed by atoms with van der Waals surface area (Å²) in [5.41, 5.74) is 4.16. The number of imidazole rings is 1. The highest BCUT2D eigenvalue weighted by molar-refractivity contribution is 5.94. The minimum absolute atomic E-state index is 0.0327. The number of likely N-dealkylation sites (tertiary alicyclic amines) is 1. The first-order valence-electron chi connectivity index (χ1n) is 9.58. The fourth-order valence-electron chi connectivity index (χ4n) is 4.41. The molecule has 2 heterocycles. The van der Waals surface area contributed by atoms with Gasteiger partial charge in [-0.25, -0.2) is 4.98 Å². The lowest BCUT2D eigenvalue weighted by molar-refractivity contribution is 0.0797. The molecule has 1 atom stereocenters. The monoisotopic (exact) mass is 353 g/mol. The van der Waals surface area contributed by atoms with Crippen LogP contribution in [-0.4, -0.2) is 40.4 Å². The summed E-state index contributed by atoms with van der Waals surface area (Å²) < 4.78 is 7.48. The van der Waals surface area contributed by atoms with Gasteiger partial charge in [0.05, 0.1) is 7.11 Å². The number of aryl methyl sites for hydroxylation is 3. The molecule has 1 aromatic carbocycles. The lowest BCUT2D eigenvalue weighted by Crippen LogP contribution is -2.39. The van der Waals surface area contributed by atoms with Crippen molar-refractivity contribution in [3.05, 3.63) is 47.0 Å². The zero-order valence-corrected chi connectivity index (χ0v) is 15.7. The molecule has 1 saturated heterocycles. The molecule has 2 aliphatic rings. The molecule has 5 heteroatoms. The van der Waals surface area contributed by atoms with E-state index in [1.807, 2.05) is 17.8 Å². The Morgan fingerprint density at radius 2 is 2.08 bits per heavy atom. The van der Waals surface area contributed by atoms with Gasteiger partial charge in [0.25, 0.3) is 0 Å². The molecule has 0 radical (unpaired) electrons. The second kappa shape index (κ2) is 7.23. The Morgan fingerprint density at radius 3 is 2.81 bits per heavy atom. The van der Waals surface area contributed by atoms with Crippen molar-refractivity contribution in [1.82, 2.24) is 14.5 Å². The van der Waals surface area contributed by atoms with Crippen LogP contribution in [0.1, 0.15) is 46.6 Å². The number of hydrogen-bond donors (Lipinski definition) is 0. The number of Topliss-reactive ketones (excluding diaryl/α,β-unsaturated/α-hetero) is 1. The van der Waals surface area contributed by atoms with E-state index in [0.29, 0.717) is 5.82 Å². The molecule has 0 saturated carbocycles. The average molecular weight is 353 g/mol. The second-order valence-corrected chi connectivity index (χ2v) is 7.59. The van der Waals surface area contributed by atoms with Crippen molar-refractivity contribution in [2.24, 2.45) is 13.0 Å². The van der Waals surface area contributed by atoms with E-state index in [9.17, 15) is 4.79 Å². The van der Waals surface area contributed by atoms with E-state index in [0.717, 1.165) is 44.6 Å². The Bertz CT molecular complexity index is 812. The van der Waals surface area contributed by atoms with Crippen LogP contribution < -0.4 is 4.74 Å². The summed E-state index contributed by atoms with van der Waals surface area (Å²) in [6.07, 6.45) is 9.11. The first kappa shape index (κ1) is 17.3. The number of hydrogen-bond acceptors (Lipinski definition) is 4. The fraction of sp³-hybridized carbons (Fsp3) is 0.524. The van der Waals surface area contributed by atoms with Gasteiger partial charge >= 0.3 is 0 Å². The summed E-state index contributed by atoms with van der Waals surface area (Å²) in [6.45, 7) is 2.68. The lowest BCUT2D eigenvalue weighted by atomic mass is 9.92. The number of aromatic nitrogens is 2. The Morgan fingerprint density at radius 1 is 1.27 bits per heavy atom. The van der Waals surface area contributed by atoms with Gasteiger partial charge in [0.1, 0.15) is 5.75 Å². The summed E-state index contributed by atoms with van der Waals surface area (Å²) in [7, 11) is 3.64. The van der Waals surface area contributed by atoms with Crippen molar-refractivity contribution >= 4 is 5.78 Å². The van der Waals surface area contributed by atoms with Gasteiger partial charge in [-0.1, -0.05) is 6.07 Å². The topological polar surface area (TPSA) is 47.4 Å². The third-order valence-electron chi connectivity index (χ3n) is 5.81. The minimum Gasteiger partial charge on any atom is -0.496 e. The first-order chi connectivity index (χ1) is 12.7. The van der Waals surface area contributed by atoms with Crippen LogP contribution in [0.4, 0.5) is 0 Å². The van der Waals surface area contributed by atoms with Crippen LogP contribution in [0.2, 0.25) is 0 Å². The SMILES string of the molecule is COc1cc2c(cc1CN1CCCC(C(=O)c3nccn3C)C1)CCC2. The minimum atomic E-state index is 0.0327. The maximum atomic E-state index is 12.8. The van der Waals surface area contributed by atoms with Crippen LogP contribution in [0.5, 0.6) is 5.75 Å². The van der Waals surface area contributed by atoms with Gasteiger partial charge in [-0.05, 0) is 55.8 Å². The molecule has 1 aliphatic heterocycles. The smallest absolute Gasteiger partial charge is 0.202 e. The van der Waals surface area contributed by atoms with Crippen molar-refractivity contribution in [3.8, 4) is 5.75 Å². The molecule has 2 aromatic rings. The Balaban J connectivity index is 1.49. The van der Waals surface area contributed by atoms with Crippen molar-refractivity contribution in [2.75, 3.05) is 20.2 Å². The highest BCUT2D eigenvalue weighted by atomic mass is 16.5. The third kappa shape index (κ3) is 3.28. The molecule has 26 heavy (non-hydrogen) atoms. The number of carbonyl (C=O) groups is 1. The fourth-order valence-corrected chi connectivity index (χ4v) is 4.41. The lowest BCUT2D eigenvalue weighted by Gasteiger charge is -2.32. The number of methoxy groups -OCH3 is 1. The number of piperidine rings is 1. The number of benzene rings is 1. The normalized spacial score (nSPS) is 20.2. The molecule has 0 spiro atoms. The third-order valence-corrected chi connectivity index (χ3v) is 5.81. The van der Waals surface area contributed by atoms with Crippen molar-refractivity contribution < 1.29 is 9.53 Å². The predicted molar refractivity (Wildman–Crippen MR) is 101 cm³/mol. The van der Waals surface area contributed by atoms with Crippen molar-refractivity contribution in [3.63, 3.8) is 0 Å². The molecule has 4 rings (SSSR count). The Kier molecular flexibility index (Phi) is 4.81. The summed E-state index contributed by atoms with van der Waals surface area (Å²) in [5, 5.41) is 0. The number of carbonyl (C=O) groups excluding carboxylic acids is 1. The molecule has 5 nitrogen and oxygen atoms in total. The molecule has 0 bridgehead atoms. The van der Waals surface area contributed by atoms with E-state index in [2.05, 4.69) is 22.0 Å². The number of ketones is 1. The largest absolute Gasteiger partial charge is 0.496 e. The molecule has 1 fully saturated rings. The van der Waals surface area contributed by atoms with E-state index in [1.165, 1.54) is 29.5 Å². The maximum Gasteiger partial charge on any atom is 0.202 e. The van der Waals surface area contributed by atoms with Crippen LogP contribution in [0, 0.1) is 5.92 Å². The van der Waals surface area contributed by atoms with Gasteiger partial charge < -0.3 is 9.30 Å². The van der Waals surface area contributed by atoms with Crippen molar-refractivity contribution in [2.45, 2.75) is 38.6 Å². The number of ether oxygens (including phenoxy) is 1. The molecule has 1 aliphatic carbocycles. The van der Waals surface area contributed by atoms with Crippen LogP contribution >= 0.6 is 0 Å². The molecule has 0 N–H and O–H groups in total. The number of fused-ring (bicyclic) bond motifs is 1. The van der Waals surface area contributed by atoms with Gasteiger partial charge in [-0.2, -0.15) is 0 Å². The number of rotatable bonds is 5. The van der Waals surface area contributed by atoms with Gasteiger partial charge in [-0.15, -0.1) is 0 Å². The maximum absolute atomic E-state index is 12.8. The Hall–Kier alpha value is -2.14. The Labute approximate surface area is 155 Å². The first-order valence-corrected chi connectivity index (χ1v) is 9.58. The average Bonchev–Trinajstić information content (AvgIpc) is 3.28. The van der Waals surface area contributed by atoms with E-state index < -0.39 is 0 Å². The van der Waals surface area contributed by atoms with Gasteiger partial charge in [-0.3, -0.25) is 9.69 Å². The van der Waals surface area contributed by atoms with E-state index in [4.69, 9.17) is 4.74 Å². The zero-order chi connectivity index (χ0) is 18.1. The van der Waals surface area contributed by atoms with E-state index in [-0.39, 0.29) is 11.7 Å². The molecule has 1 aromatic heterocycles. The van der Waals surface area contributed by atoms with Crippen LogP contribution in [0.3, 0.4) is 0 Å². The molecular formula is C21H27N3O2. The van der Waals surface area contributed by atoms with Gasteiger partial charge in [0.2, 0.25) is 5.78 Å². The number of nitrogens with zero attached hydrogens (tertiary/aromatic N) is 3. The summed E-state index contributed by atoms with van der Waals surface area (Å²) in [4.78, 5) is 19.5. The summed E-state index contributed by atoms with van der Waals surface area (Å²) in [6, 6.07) is 4.55. The van der Waals surface area contributed by atoms with Gasteiger partial charge in [0, 0.05) is 44.0 Å². The highest BCUT2D eigenvalue weighted by Crippen LogP contribution is 2.31. The summed E-state index contributed by atoms with van der Waals surface area (Å²) in [5.74, 6) is 1.77. The molecular weight excluding hydrogens is 326 g/mol. The zero-order valence-electron chi connectivity index (χ0n) is 15.7. The van der Waals surface area contributed by atoms with Gasteiger partial charge in [0.15, 0.2) is 5.82 Å². The van der Waals surface area contributed by atoms with E-state index in [1.54, 1.807) is 13.3 Å². The van der Waals surface area contributed by atoms with Crippen LogP contribution in [0.15, 0.2) is 24.5 Å². The molecule has 138 valence electrons. The van der Waals surface area contributed by atoms with E-state index >= 15 is 0 Å². The quantitative estimate of drug-likeness (QED) is 0.775.